The van der Waals surface area contributed by atoms with E-state index in [0.29, 0.717) is 13.1 Å². The second kappa shape index (κ2) is 6.82. The van der Waals surface area contributed by atoms with Crippen LogP contribution in [0.4, 0.5) is 5.69 Å². The van der Waals surface area contributed by atoms with Crippen LogP contribution >= 0.6 is 0 Å². The second-order valence-electron chi connectivity index (χ2n) is 6.66. The number of nitrogens with two attached hydrogens (primary N) is 1. The van der Waals surface area contributed by atoms with E-state index in [1.807, 2.05) is 6.07 Å². The standard InChI is InChI=1S/C17H25N3O3S/c1-2-19-24(22,23)15-7-6-12-8-9-20(16(12)11-15)17(21)13-4-3-5-14(18)10-13/h6-7,11,13-14,19H,2-5,8-10,18H2,1H3. The van der Waals surface area contributed by atoms with Crippen LogP contribution in [0.25, 0.3) is 0 Å². The average Bonchev–Trinajstić information content (AvgIpc) is 2.97. The Bertz CT molecular complexity index is 733. The van der Waals surface area contributed by atoms with Crippen LogP contribution in [0.15, 0.2) is 23.1 Å². The Morgan fingerprint density at radius 1 is 1.38 bits per heavy atom. The molecule has 7 heteroatoms. The number of amides is 1. The molecule has 0 saturated heterocycles. The molecule has 2 unspecified atom stereocenters. The molecule has 1 amide bonds. The first kappa shape index (κ1) is 17.4. The van der Waals surface area contributed by atoms with E-state index in [2.05, 4.69) is 4.72 Å². The predicted octanol–water partition coefficient (Wildman–Crippen LogP) is 1.39. The number of anilines is 1. The zero-order valence-corrected chi connectivity index (χ0v) is 14.8. The lowest BCUT2D eigenvalue weighted by molar-refractivity contribution is -0.123. The number of nitrogens with zero attached hydrogens (tertiary/aromatic N) is 1. The lowest BCUT2D eigenvalue weighted by atomic mass is 9.85. The van der Waals surface area contributed by atoms with E-state index in [0.717, 1.165) is 43.4 Å². The van der Waals surface area contributed by atoms with Crippen molar-refractivity contribution in [3.63, 3.8) is 0 Å². The average molecular weight is 351 g/mol. The van der Waals surface area contributed by atoms with Crippen LogP contribution in [0, 0.1) is 5.92 Å². The van der Waals surface area contributed by atoms with Crippen molar-refractivity contribution in [2.24, 2.45) is 11.7 Å². The number of carbonyl (C=O) groups is 1. The zero-order chi connectivity index (χ0) is 17.3. The highest BCUT2D eigenvalue weighted by Gasteiger charge is 2.33. The van der Waals surface area contributed by atoms with E-state index in [-0.39, 0.29) is 22.8 Å². The van der Waals surface area contributed by atoms with Gasteiger partial charge in [0, 0.05) is 30.7 Å². The first-order chi connectivity index (χ1) is 11.4. The Balaban J connectivity index is 1.86. The van der Waals surface area contributed by atoms with Gasteiger partial charge in [-0.05, 0) is 43.4 Å². The van der Waals surface area contributed by atoms with E-state index >= 15 is 0 Å². The summed E-state index contributed by atoms with van der Waals surface area (Å²) in [6, 6.07) is 5.15. The summed E-state index contributed by atoms with van der Waals surface area (Å²) < 4.78 is 26.9. The molecule has 1 aliphatic carbocycles. The molecule has 1 fully saturated rings. The molecule has 2 aliphatic rings. The zero-order valence-electron chi connectivity index (χ0n) is 14.0. The summed E-state index contributed by atoms with van der Waals surface area (Å²) in [6.45, 7) is 2.69. The summed E-state index contributed by atoms with van der Waals surface area (Å²) in [5.74, 6) is 0.0376. The highest BCUT2D eigenvalue weighted by atomic mass is 32.2. The third-order valence-corrected chi connectivity index (χ3v) is 6.47. The van der Waals surface area contributed by atoms with Crippen molar-refractivity contribution in [2.75, 3.05) is 18.0 Å². The van der Waals surface area contributed by atoms with Crippen LogP contribution in [0.2, 0.25) is 0 Å². The number of nitrogens with one attached hydrogen (secondary N) is 1. The first-order valence-electron chi connectivity index (χ1n) is 8.62. The van der Waals surface area contributed by atoms with Crippen molar-refractivity contribution in [2.45, 2.75) is 50.0 Å². The van der Waals surface area contributed by atoms with E-state index < -0.39 is 10.0 Å². The molecule has 3 N–H and O–H groups in total. The molecule has 0 bridgehead atoms. The number of hydrogen-bond acceptors (Lipinski definition) is 4. The van der Waals surface area contributed by atoms with Gasteiger partial charge in [-0.15, -0.1) is 0 Å². The fourth-order valence-corrected chi connectivity index (χ4v) is 4.76. The fourth-order valence-electron chi connectivity index (χ4n) is 3.70. The van der Waals surface area contributed by atoms with Crippen molar-refractivity contribution in [1.29, 1.82) is 0 Å². The van der Waals surface area contributed by atoms with E-state index in [1.54, 1.807) is 24.0 Å². The Hall–Kier alpha value is -1.44. The van der Waals surface area contributed by atoms with Gasteiger partial charge < -0.3 is 10.6 Å². The minimum absolute atomic E-state index is 0.0475. The van der Waals surface area contributed by atoms with Gasteiger partial charge in [0.1, 0.15) is 0 Å². The number of carbonyl (C=O) groups excluding carboxylic acids is 1. The van der Waals surface area contributed by atoms with Crippen LogP contribution in [-0.2, 0) is 21.2 Å². The molecule has 0 radical (unpaired) electrons. The molecule has 1 saturated carbocycles. The number of sulfonamides is 1. The van der Waals surface area contributed by atoms with Crippen molar-refractivity contribution in [3.8, 4) is 0 Å². The molecular weight excluding hydrogens is 326 g/mol. The molecule has 24 heavy (non-hydrogen) atoms. The van der Waals surface area contributed by atoms with Gasteiger partial charge in [-0.2, -0.15) is 0 Å². The van der Waals surface area contributed by atoms with Gasteiger partial charge in [0.05, 0.1) is 4.90 Å². The van der Waals surface area contributed by atoms with Crippen LogP contribution in [0.5, 0.6) is 0 Å². The van der Waals surface area contributed by atoms with Gasteiger partial charge in [-0.1, -0.05) is 19.4 Å². The van der Waals surface area contributed by atoms with Gasteiger partial charge in [0.2, 0.25) is 15.9 Å². The highest BCUT2D eigenvalue weighted by molar-refractivity contribution is 7.89. The summed E-state index contributed by atoms with van der Waals surface area (Å²) in [5.41, 5.74) is 7.77. The Morgan fingerprint density at radius 3 is 2.88 bits per heavy atom. The smallest absolute Gasteiger partial charge is 0.240 e. The predicted molar refractivity (Wildman–Crippen MR) is 93.3 cm³/mol. The minimum atomic E-state index is -3.52. The fraction of sp³-hybridized carbons (Fsp3) is 0.588. The quantitative estimate of drug-likeness (QED) is 0.857. The summed E-state index contributed by atoms with van der Waals surface area (Å²) in [6.07, 6.45) is 4.31. The SMILES string of the molecule is CCNS(=O)(=O)c1ccc2c(c1)N(C(=O)C1CCCC(N)C1)CC2. The monoisotopic (exact) mass is 351 g/mol. The molecule has 1 aromatic carbocycles. The maximum atomic E-state index is 12.9. The summed E-state index contributed by atoms with van der Waals surface area (Å²) in [4.78, 5) is 14.9. The molecule has 2 atom stereocenters. The lowest BCUT2D eigenvalue weighted by Gasteiger charge is -2.29. The lowest BCUT2D eigenvalue weighted by Crippen LogP contribution is -2.40. The van der Waals surface area contributed by atoms with E-state index in [1.165, 1.54) is 0 Å². The number of fused-ring (bicyclic) bond motifs is 1. The Labute approximate surface area is 143 Å². The van der Waals surface area contributed by atoms with E-state index in [4.69, 9.17) is 5.73 Å². The molecule has 0 spiro atoms. The summed E-state index contributed by atoms with van der Waals surface area (Å²) >= 11 is 0. The van der Waals surface area contributed by atoms with Crippen LogP contribution in [0.3, 0.4) is 0 Å². The molecule has 0 aromatic heterocycles. The maximum Gasteiger partial charge on any atom is 0.240 e. The Morgan fingerprint density at radius 2 is 2.17 bits per heavy atom. The first-order valence-corrected chi connectivity index (χ1v) is 10.1. The van der Waals surface area contributed by atoms with Gasteiger partial charge in [-0.3, -0.25) is 4.79 Å². The molecule has 132 valence electrons. The molecule has 3 rings (SSSR count). The summed E-state index contributed by atoms with van der Waals surface area (Å²) in [5, 5.41) is 0. The number of hydrogen-bond donors (Lipinski definition) is 2. The topological polar surface area (TPSA) is 92.5 Å². The van der Waals surface area contributed by atoms with Crippen LogP contribution in [-0.4, -0.2) is 33.5 Å². The largest absolute Gasteiger partial charge is 0.328 e. The van der Waals surface area contributed by atoms with Crippen molar-refractivity contribution >= 4 is 21.6 Å². The van der Waals surface area contributed by atoms with Gasteiger partial charge in [-0.25, -0.2) is 13.1 Å². The molecular formula is C17H25N3O3S. The third-order valence-electron chi connectivity index (χ3n) is 4.93. The highest BCUT2D eigenvalue weighted by Crippen LogP contribution is 2.34. The normalized spacial score (nSPS) is 24.0. The third kappa shape index (κ3) is 3.34. The second-order valence-corrected chi connectivity index (χ2v) is 8.42. The number of benzene rings is 1. The molecule has 1 heterocycles. The van der Waals surface area contributed by atoms with Gasteiger partial charge in [0.15, 0.2) is 0 Å². The molecule has 1 aromatic rings. The van der Waals surface area contributed by atoms with Crippen LogP contribution in [0.1, 0.15) is 38.2 Å². The van der Waals surface area contributed by atoms with Crippen molar-refractivity contribution in [1.82, 2.24) is 4.72 Å². The molecule has 1 aliphatic heterocycles. The van der Waals surface area contributed by atoms with Crippen LogP contribution < -0.4 is 15.4 Å². The van der Waals surface area contributed by atoms with Crippen molar-refractivity contribution in [3.05, 3.63) is 23.8 Å². The van der Waals surface area contributed by atoms with E-state index in [9.17, 15) is 13.2 Å². The number of rotatable bonds is 4. The van der Waals surface area contributed by atoms with Gasteiger partial charge in [0.25, 0.3) is 0 Å². The minimum Gasteiger partial charge on any atom is -0.328 e. The van der Waals surface area contributed by atoms with Gasteiger partial charge >= 0.3 is 0 Å². The summed E-state index contributed by atoms with van der Waals surface area (Å²) in [7, 11) is -3.52. The van der Waals surface area contributed by atoms with Crippen molar-refractivity contribution < 1.29 is 13.2 Å². The maximum absolute atomic E-state index is 12.9. The Kier molecular flexibility index (Phi) is 4.94. The molecule has 6 nitrogen and oxygen atoms in total.